The number of aryl methyl sites for hydroxylation is 1. The van der Waals surface area contributed by atoms with E-state index in [0.717, 1.165) is 5.56 Å². The van der Waals surface area contributed by atoms with Gasteiger partial charge in [0.2, 0.25) is 5.76 Å². The van der Waals surface area contributed by atoms with Crippen LogP contribution in [0.25, 0.3) is 11.0 Å². The summed E-state index contributed by atoms with van der Waals surface area (Å²) >= 11 is 0. The molecule has 1 aromatic carbocycles. The average Bonchev–Trinajstić information content (AvgIpc) is 2.22. The van der Waals surface area contributed by atoms with Crippen molar-refractivity contribution >= 4 is 16.9 Å². The fraction of sp³-hybridized carbons (Fsp3) is 0.167. The molecule has 1 N–H and O–H groups in total. The lowest BCUT2D eigenvalue weighted by Gasteiger charge is -2.04. The second kappa shape index (κ2) is 3.48. The molecule has 0 aliphatic rings. The molecule has 0 aliphatic heterocycles. The van der Waals surface area contributed by atoms with Gasteiger partial charge >= 0.3 is 5.97 Å². The van der Waals surface area contributed by atoms with E-state index in [0.29, 0.717) is 11.0 Å². The Morgan fingerprint density at radius 3 is 2.62 bits per heavy atom. The Hall–Kier alpha value is -2.10. The molecule has 2 aromatic rings. The number of benzene rings is 1. The number of carboxylic acids is 1. The summed E-state index contributed by atoms with van der Waals surface area (Å²) in [5.74, 6) is -1.51. The minimum absolute atomic E-state index is 0.134. The van der Waals surface area contributed by atoms with Gasteiger partial charge in [0.05, 0.1) is 5.39 Å². The fourth-order valence-corrected chi connectivity index (χ4v) is 1.70. The monoisotopic (exact) mass is 218 g/mol. The Kier molecular flexibility index (Phi) is 2.27. The molecule has 0 amide bonds. The molecule has 4 heteroatoms. The zero-order chi connectivity index (χ0) is 11.9. The smallest absolute Gasteiger partial charge is 0.372 e. The summed E-state index contributed by atoms with van der Waals surface area (Å²) in [4.78, 5) is 22.8. The number of carboxylic acid groups (broad SMARTS) is 1. The molecule has 0 radical (unpaired) electrons. The van der Waals surface area contributed by atoms with Gasteiger partial charge in [-0.1, -0.05) is 12.1 Å². The summed E-state index contributed by atoms with van der Waals surface area (Å²) in [5, 5.41) is 9.34. The second-order valence-corrected chi connectivity index (χ2v) is 3.64. The first-order valence-electron chi connectivity index (χ1n) is 4.78. The van der Waals surface area contributed by atoms with Crippen molar-refractivity contribution in [2.75, 3.05) is 0 Å². The van der Waals surface area contributed by atoms with E-state index in [2.05, 4.69) is 0 Å². The lowest BCUT2D eigenvalue weighted by molar-refractivity contribution is 0.0661. The topological polar surface area (TPSA) is 67.5 Å². The molecule has 4 nitrogen and oxygen atoms in total. The van der Waals surface area contributed by atoms with Crippen LogP contribution in [0.1, 0.15) is 21.7 Å². The summed E-state index contributed by atoms with van der Waals surface area (Å²) in [6.07, 6.45) is 0. The molecule has 82 valence electrons. The fourth-order valence-electron chi connectivity index (χ4n) is 1.70. The van der Waals surface area contributed by atoms with Crippen LogP contribution < -0.4 is 5.43 Å². The van der Waals surface area contributed by atoms with Gasteiger partial charge in [-0.25, -0.2) is 4.79 Å². The molecule has 0 unspecified atom stereocenters. The van der Waals surface area contributed by atoms with Crippen LogP contribution in [0.4, 0.5) is 0 Å². The minimum atomic E-state index is -1.22. The highest BCUT2D eigenvalue weighted by atomic mass is 16.4. The van der Waals surface area contributed by atoms with Crippen molar-refractivity contribution in [1.29, 1.82) is 0 Å². The van der Waals surface area contributed by atoms with Crippen molar-refractivity contribution in [3.05, 3.63) is 45.3 Å². The highest BCUT2D eigenvalue weighted by molar-refractivity contribution is 5.90. The van der Waals surface area contributed by atoms with Crippen molar-refractivity contribution < 1.29 is 14.3 Å². The molecule has 16 heavy (non-hydrogen) atoms. The van der Waals surface area contributed by atoms with E-state index >= 15 is 0 Å². The van der Waals surface area contributed by atoms with Crippen molar-refractivity contribution in [2.24, 2.45) is 0 Å². The third-order valence-corrected chi connectivity index (χ3v) is 2.55. The number of rotatable bonds is 1. The third-order valence-electron chi connectivity index (χ3n) is 2.55. The predicted octanol–water partition coefficient (Wildman–Crippen LogP) is 2.11. The highest BCUT2D eigenvalue weighted by Crippen LogP contribution is 2.18. The van der Waals surface area contributed by atoms with Gasteiger partial charge in [-0.3, -0.25) is 4.79 Å². The number of aromatic carboxylic acids is 1. The van der Waals surface area contributed by atoms with Crippen LogP contribution in [0, 0.1) is 13.8 Å². The molecule has 0 fully saturated rings. The highest BCUT2D eigenvalue weighted by Gasteiger charge is 2.16. The maximum Gasteiger partial charge on any atom is 0.372 e. The molecule has 0 atom stereocenters. The van der Waals surface area contributed by atoms with E-state index in [4.69, 9.17) is 9.52 Å². The molecule has 0 saturated carbocycles. The normalized spacial score (nSPS) is 10.6. The first-order chi connectivity index (χ1) is 7.52. The predicted molar refractivity (Wildman–Crippen MR) is 58.9 cm³/mol. The molecule has 0 bridgehead atoms. The Labute approximate surface area is 91.1 Å². The second-order valence-electron chi connectivity index (χ2n) is 3.64. The third kappa shape index (κ3) is 1.39. The van der Waals surface area contributed by atoms with Crippen molar-refractivity contribution in [3.8, 4) is 0 Å². The van der Waals surface area contributed by atoms with E-state index in [1.54, 1.807) is 25.1 Å². The van der Waals surface area contributed by atoms with Crippen LogP contribution in [-0.4, -0.2) is 11.1 Å². The van der Waals surface area contributed by atoms with E-state index < -0.39 is 5.97 Å². The van der Waals surface area contributed by atoms with Crippen LogP contribution in [-0.2, 0) is 0 Å². The zero-order valence-corrected chi connectivity index (χ0v) is 8.90. The van der Waals surface area contributed by atoms with E-state index in [1.807, 2.05) is 0 Å². The van der Waals surface area contributed by atoms with Crippen molar-refractivity contribution in [1.82, 2.24) is 0 Å². The van der Waals surface area contributed by atoms with Crippen LogP contribution in [0.3, 0.4) is 0 Å². The molecular formula is C12H10O4. The number of carbonyl (C=O) groups is 1. The molecule has 1 heterocycles. The summed E-state index contributed by atoms with van der Waals surface area (Å²) in [6.45, 7) is 3.25. The Bertz CT molecular complexity index is 637. The first kappa shape index (κ1) is 10.4. The molecular weight excluding hydrogens is 208 g/mol. The summed E-state index contributed by atoms with van der Waals surface area (Å²) in [6, 6.07) is 5.11. The first-order valence-corrected chi connectivity index (χ1v) is 4.78. The van der Waals surface area contributed by atoms with Gasteiger partial charge in [0, 0.05) is 5.56 Å². The largest absolute Gasteiger partial charge is 0.475 e. The van der Waals surface area contributed by atoms with Gasteiger partial charge in [0.1, 0.15) is 5.58 Å². The Morgan fingerprint density at radius 1 is 1.31 bits per heavy atom. The number of hydrogen-bond acceptors (Lipinski definition) is 3. The number of fused-ring (bicyclic) bond motifs is 1. The minimum Gasteiger partial charge on any atom is -0.475 e. The lowest BCUT2D eigenvalue weighted by atomic mass is 10.1. The van der Waals surface area contributed by atoms with Crippen LogP contribution >= 0.6 is 0 Å². The van der Waals surface area contributed by atoms with Gasteiger partial charge in [0.15, 0.2) is 5.43 Å². The van der Waals surface area contributed by atoms with E-state index in [1.165, 1.54) is 6.92 Å². The number of hydrogen-bond donors (Lipinski definition) is 1. The Balaban J connectivity index is 3.00. The van der Waals surface area contributed by atoms with Crippen LogP contribution in [0.2, 0.25) is 0 Å². The molecule has 2 rings (SSSR count). The van der Waals surface area contributed by atoms with Gasteiger partial charge in [-0.2, -0.15) is 0 Å². The van der Waals surface area contributed by atoms with Gasteiger partial charge in [-0.05, 0) is 25.5 Å². The van der Waals surface area contributed by atoms with E-state index in [9.17, 15) is 9.59 Å². The van der Waals surface area contributed by atoms with Crippen molar-refractivity contribution in [3.63, 3.8) is 0 Å². The van der Waals surface area contributed by atoms with Crippen LogP contribution in [0.5, 0.6) is 0 Å². The van der Waals surface area contributed by atoms with Gasteiger partial charge < -0.3 is 9.52 Å². The maximum atomic E-state index is 12.0. The molecule has 0 spiro atoms. The van der Waals surface area contributed by atoms with Gasteiger partial charge in [0.25, 0.3) is 0 Å². The van der Waals surface area contributed by atoms with Gasteiger partial charge in [-0.15, -0.1) is 0 Å². The van der Waals surface area contributed by atoms with Crippen molar-refractivity contribution in [2.45, 2.75) is 13.8 Å². The summed E-state index contributed by atoms with van der Waals surface area (Å²) < 4.78 is 5.22. The zero-order valence-electron chi connectivity index (χ0n) is 8.90. The quantitative estimate of drug-likeness (QED) is 0.795. The van der Waals surface area contributed by atoms with Crippen LogP contribution in [0.15, 0.2) is 27.4 Å². The maximum absolute atomic E-state index is 12.0. The Morgan fingerprint density at radius 2 is 2.00 bits per heavy atom. The molecule has 0 aliphatic carbocycles. The van der Waals surface area contributed by atoms with E-state index in [-0.39, 0.29) is 16.8 Å². The summed E-state index contributed by atoms with van der Waals surface area (Å²) in [7, 11) is 0. The standard InChI is InChI=1S/C12H10O4/c1-6-4-3-5-8-9(6)10(13)7(2)11(16-8)12(14)15/h3-5H,1-2H3,(H,14,15). The summed E-state index contributed by atoms with van der Waals surface area (Å²) in [5.41, 5.74) is 0.949. The molecule has 0 saturated heterocycles. The SMILES string of the molecule is Cc1c(C(=O)O)oc2cccc(C)c2c1=O. The molecule has 1 aromatic heterocycles. The lowest BCUT2D eigenvalue weighted by Crippen LogP contribution is -2.13. The average molecular weight is 218 g/mol.